The van der Waals surface area contributed by atoms with Crippen molar-refractivity contribution in [2.45, 2.75) is 20.5 Å². The van der Waals surface area contributed by atoms with Crippen molar-refractivity contribution in [1.82, 2.24) is 15.5 Å². The van der Waals surface area contributed by atoms with Crippen molar-refractivity contribution in [1.29, 1.82) is 0 Å². The predicted octanol–water partition coefficient (Wildman–Crippen LogP) is 4.16. The maximum Gasteiger partial charge on any atom is 0.264 e. The van der Waals surface area contributed by atoms with Crippen LogP contribution >= 0.6 is 11.8 Å². The molecule has 4 rings (SSSR count). The van der Waals surface area contributed by atoms with Gasteiger partial charge < -0.3 is 14.6 Å². The number of aliphatic imine (C=N–C) groups is 1. The first-order chi connectivity index (χ1) is 14.1. The highest BCUT2D eigenvalue weighted by molar-refractivity contribution is 8.18. The number of rotatable bonds is 5. The van der Waals surface area contributed by atoms with E-state index in [1.165, 1.54) is 11.8 Å². The van der Waals surface area contributed by atoms with Gasteiger partial charge in [-0.3, -0.25) is 4.79 Å². The number of nitrogens with one attached hydrogen (secondary N) is 1. The molecule has 146 valence electrons. The number of benzene rings is 2. The number of aryl methyl sites for hydroxylation is 2. The Morgan fingerprint density at radius 3 is 2.69 bits per heavy atom. The number of amides is 1. The molecule has 1 N–H and O–H groups in total. The molecule has 3 aromatic rings. The Bertz CT molecular complexity index is 1100. The van der Waals surface area contributed by atoms with Crippen LogP contribution in [0.5, 0.6) is 5.75 Å². The largest absolute Gasteiger partial charge is 0.485 e. The molecular formula is C21H18N4O3S. The van der Waals surface area contributed by atoms with Crippen molar-refractivity contribution >= 4 is 34.6 Å². The molecule has 2 aromatic carbocycles. The Hall–Kier alpha value is -3.39. The monoisotopic (exact) mass is 406 g/mol. The highest BCUT2D eigenvalue weighted by atomic mass is 32.2. The lowest BCUT2D eigenvalue weighted by molar-refractivity contribution is -0.115. The minimum atomic E-state index is -0.157. The van der Waals surface area contributed by atoms with Crippen LogP contribution in [0.4, 0.5) is 5.69 Å². The maximum absolute atomic E-state index is 12.3. The van der Waals surface area contributed by atoms with Gasteiger partial charge in [-0.25, -0.2) is 4.99 Å². The molecule has 0 spiro atoms. The first-order valence-electron chi connectivity index (χ1n) is 8.94. The van der Waals surface area contributed by atoms with Crippen molar-refractivity contribution in [2.75, 3.05) is 0 Å². The van der Waals surface area contributed by atoms with Crippen LogP contribution in [0.3, 0.4) is 0 Å². The SMILES string of the molecule is Cc1nc(COc2ccc(/C=C3/SC(=Nc4ccccc4C)NC3=O)cc2)no1. The van der Waals surface area contributed by atoms with E-state index >= 15 is 0 Å². The molecule has 7 nitrogen and oxygen atoms in total. The quantitative estimate of drug-likeness (QED) is 0.640. The van der Waals surface area contributed by atoms with E-state index in [1.807, 2.05) is 61.5 Å². The summed E-state index contributed by atoms with van der Waals surface area (Å²) in [5.74, 6) is 1.52. The van der Waals surface area contributed by atoms with Crippen LogP contribution < -0.4 is 10.1 Å². The number of ether oxygens (including phenoxy) is 1. The van der Waals surface area contributed by atoms with Gasteiger partial charge in [-0.05, 0) is 54.1 Å². The van der Waals surface area contributed by atoms with Crippen LogP contribution in [0.25, 0.3) is 6.08 Å². The number of hydrogen-bond acceptors (Lipinski definition) is 7. The number of thioether (sulfide) groups is 1. The van der Waals surface area contributed by atoms with Gasteiger partial charge in [0.15, 0.2) is 11.8 Å². The van der Waals surface area contributed by atoms with Gasteiger partial charge in [0.2, 0.25) is 11.7 Å². The summed E-state index contributed by atoms with van der Waals surface area (Å²) in [4.78, 5) is 21.5. The van der Waals surface area contributed by atoms with Crippen LogP contribution in [-0.4, -0.2) is 21.2 Å². The normalized spacial score (nSPS) is 16.4. The van der Waals surface area contributed by atoms with Gasteiger partial charge in [0.1, 0.15) is 5.75 Å². The lowest BCUT2D eigenvalue weighted by atomic mass is 10.2. The summed E-state index contributed by atoms with van der Waals surface area (Å²) in [5.41, 5.74) is 2.79. The summed E-state index contributed by atoms with van der Waals surface area (Å²) in [6.45, 7) is 3.95. The fourth-order valence-corrected chi connectivity index (χ4v) is 3.47. The van der Waals surface area contributed by atoms with Gasteiger partial charge in [-0.1, -0.05) is 35.5 Å². The molecule has 29 heavy (non-hydrogen) atoms. The molecule has 1 amide bonds. The van der Waals surface area contributed by atoms with E-state index in [-0.39, 0.29) is 12.5 Å². The van der Waals surface area contributed by atoms with Crippen molar-refractivity contribution in [2.24, 2.45) is 4.99 Å². The molecule has 0 unspecified atom stereocenters. The molecule has 1 aliphatic heterocycles. The first-order valence-corrected chi connectivity index (χ1v) is 9.76. The molecule has 1 saturated heterocycles. The zero-order valence-electron chi connectivity index (χ0n) is 15.9. The van der Waals surface area contributed by atoms with E-state index in [4.69, 9.17) is 9.26 Å². The van der Waals surface area contributed by atoms with Crippen molar-refractivity contribution in [3.63, 3.8) is 0 Å². The molecule has 8 heteroatoms. The van der Waals surface area contributed by atoms with Crippen molar-refractivity contribution in [3.8, 4) is 5.75 Å². The minimum absolute atomic E-state index is 0.157. The second kappa shape index (κ2) is 8.32. The summed E-state index contributed by atoms with van der Waals surface area (Å²) in [6, 6.07) is 15.2. The Balaban J connectivity index is 1.42. The molecular weight excluding hydrogens is 388 g/mol. The van der Waals surface area contributed by atoms with Gasteiger partial charge in [-0.2, -0.15) is 4.98 Å². The average Bonchev–Trinajstić information content (AvgIpc) is 3.28. The number of carbonyl (C=O) groups excluding carboxylic acids is 1. The van der Waals surface area contributed by atoms with E-state index < -0.39 is 0 Å². The van der Waals surface area contributed by atoms with Crippen LogP contribution in [0, 0.1) is 13.8 Å². The molecule has 1 aromatic heterocycles. The number of aromatic nitrogens is 2. The van der Waals surface area contributed by atoms with Crippen molar-refractivity contribution in [3.05, 3.63) is 76.3 Å². The fraction of sp³-hybridized carbons (Fsp3) is 0.143. The third kappa shape index (κ3) is 4.72. The third-order valence-electron chi connectivity index (χ3n) is 4.10. The molecule has 1 aliphatic rings. The summed E-state index contributed by atoms with van der Waals surface area (Å²) >= 11 is 1.32. The topological polar surface area (TPSA) is 89.6 Å². The summed E-state index contributed by atoms with van der Waals surface area (Å²) in [6.07, 6.45) is 1.83. The third-order valence-corrected chi connectivity index (χ3v) is 5.01. The van der Waals surface area contributed by atoms with Crippen LogP contribution in [0.15, 0.2) is 63.0 Å². The van der Waals surface area contributed by atoms with Gasteiger partial charge in [0, 0.05) is 6.92 Å². The molecule has 0 radical (unpaired) electrons. The van der Waals surface area contributed by atoms with Gasteiger partial charge in [0.05, 0.1) is 10.6 Å². The molecule has 1 fully saturated rings. The summed E-state index contributed by atoms with van der Waals surface area (Å²) in [5, 5.41) is 7.17. The van der Waals surface area contributed by atoms with Crippen LogP contribution in [0.1, 0.15) is 22.8 Å². The standard InChI is InChI=1S/C21H18N4O3S/c1-13-5-3-4-6-17(13)23-21-24-20(26)18(29-21)11-15-7-9-16(10-8-15)27-12-19-22-14(2)28-25-19/h3-11H,12H2,1-2H3,(H,23,24,26)/b18-11+. The lowest BCUT2D eigenvalue weighted by Gasteiger charge is -2.03. The van der Waals surface area contributed by atoms with Crippen LogP contribution in [-0.2, 0) is 11.4 Å². The van der Waals surface area contributed by atoms with E-state index in [1.54, 1.807) is 6.92 Å². The molecule has 0 atom stereocenters. The highest BCUT2D eigenvalue weighted by Gasteiger charge is 2.23. The fourth-order valence-electron chi connectivity index (χ4n) is 2.64. The van der Waals surface area contributed by atoms with E-state index in [0.717, 1.165) is 16.8 Å². The maximum atomic E-state index is 12.3. The number of para-hydroxylation sites is 1. The molecule has 0 bridgehead atoms. The smallest absolute Gasteiger partial charge is 0.264 e. The second-order valence-corrected chi connectivity index (χ2v) is 7.39. The molecule has 2 heterocycles. The van der Waals surface area contributed by atoms with Gasteiger partial charge in [0.25, 0.3) is 5.91 Å². The second-order valence-electron chi connectivity index (χ2n) is 6.36. The first kappa shape index (κ1) is 18.9. The Morgan fingerprint density at radius 2 is 1.97 bits per heavy atom. The Labute approximate surface area is 171 Å². The van der Waals surface area contributed by atoms with Gasteiger partial charge >= 0.3 is 0 Å². The van der Waals surface area contributed by atoms with E-state index in [0.29, 0.717) is 27.5 Å². The minimum Gasteiger partial charge on any atom is -0.485 e. The summed E-state index contributed by atoms with van der Waals surface area (Å²) in [7, 11) is 0. The van der Waals surface area contributed by atoms with E-state index in [2.05, 4.69) is 20.4 Å². The molecule has 0 saturated carbocycles. The predicted molar refractivity (Wildman–Crippen MR) is 112 cm³/mol. The highest BCUT2D eigenvalue weighted by Crippen LogP contribution is 2.29. The Morgan fingerprint density at radius 1 is 1.17 bits per heavy atom. The number of nitrogens with zero attached hydrogens (tertiary/aromatic N) is 3. The van der Waals surface area contributed by atoms with Gasteiger partial charge in [-0.15, -0.1) is 0 Å². The molecule has 0 aliphatic carbocycles. The lowest BCUT2D eigenvalue weighted by Crippen LogP contribution is -2.19. The summed E-state index contributed by atoms with van der Waals surface area (Å²) < 4.78 is 10.5. The number of carbonyl (C=O) groups is 1. The zero-order chi connectivity index (χ0) is 20.2. The Kier molecular flexibility index (Phi) is 5.44. The van der Waals surface area contributed by atoms with E-state index in [9.17, 15) is 4.79 Å². The van der Waals surface area contributed by atoms with Crippen LogP contribution in [0.2, 0.25) is 0 Å². The average molecular weight is 406 g/mol. The number of amidine groups is 1. The van der Waals surface area contributed by atoms with Crippen molar-refractivity contribution < 1.29 is 14.1 Å². The number of hydrogen-bond donors (Lipinski definition) is 1. The zero-order valence-corrected chi connectivity index (χ0v) is 16.7.